The molecule has 113 heavy (non-hydrogen) atoms. The summed E-state index contributed by atoms with van der Waals surface area (Å²) < 4.78 is 0. The fourth-order valence-electron chi connectivity index (χ4n) is 11.4. The lowest BCUT2D eigenvalue weighted by Gasteiger charge is -2.28. The molecule has 0 aliphatic carbocycles. The second kappa shape index (κ2) is 50.8. The monoisotopic (exact) mass is 1600 g/mol. The third-order valence-electron chi connectivity index (χ3n) is 17.5. The van der Waals surface area contributed by atoms with Crippen LogP contribution in [0.3, 0.4) is 0 Å². The topological polar surface area (TPSA) is 623 Å². The molecule has 0 heterocycles. The lowest BCUT2D eigenvalue weighted by molar-refractivity contribution is -0.142. The maximum atomic E-state index is 14.5. The van der Waals surface area contributed by atoms with Gasteiger partial charge in [-0.3, -0.25) is 71.9 Å². The summed E-state index contributed by atoms with van der Waals surface area (Å²) in [6, 6.07) is 2.01. The summed E-state index contributed by atoms with van der Waals surface area (Å²) in [6.07, 6.45) is -0.926. The number of phenolic OH excluding ortho intramolecular Hbond substituents is 2. The highest BCUT2D eigenvalue weighted by molar-refractivity contribution is 7.98. The van der Waals surface area contributed by atoms with Crippen LogP contribution in [0.2, 0.25) is 0 Å². The minimum Gasteiger partial charge on any atom is -0.508 e. The van der Waals surface area contributed by atoms with E-state index in [0.29, 0.717) is 23.1 Å². The third kappa shape index (κ3) is 37.7. The quantitative estimate of drug-likeness (QED) is 0.0265. The van der Waals surface area contributed by atoms with Crippen LogP contribution in [0.25, 0.3) is 0 Å². The smallest absolute Gasteiger partial charge is 0.326 e. The zero-order chi connectivity index (χ0) is 84.4. The van der Waals surface area contributed by atoms with E-state index in [4.69, 9.17) is 22.9 Å². The van der Waals surface area contributed by atoms with Crippen LogP contribution in [0.4, 0.5) is 0 Å². The van der Waals surface area contributed by atoms with Crippen LogP contribution in [-0.2, 0) is 96.0 Å². The Kier molecular flexibility index (Phi) is 43.3. The Balaban J connectivity index is 1.85. The number of aromatic hydroxyl groups is 2. The van der Waals surface area contributed by atoms with Gasteiger partial charge >= 0.3 is 17.9 Å². The van der Waals surface area contributed by atoms with Crippen molar-refractivity contribution in [1.29, 1.82) is 0 Å². The number of carboxylic acid groups (broad SMARTS) is 3. The van der Waals surface area contributed by atoms with Crippen LogP contribution in [0, 0.1) is 11.8 Å². The Morgan fingerprint density at radius 1 is 0.389 bits per heavy atom. The van der Waals surface area contributed by atoms with Crippen molar-refractivity contribution >= 4 is 106 Å². The van der Waals surface area contributed by atoms with Gasteiger partial charge in [-0.05, 0) is 155 Å². The molecule has 0 aliphatic rings. The van der Waals surface area contributed by atoms with E-state index in [-0.39, 0.29) is 119 Å². The number of hydrogen-bond acceptors (Lipinski definition) is 22. The number of carbonyl (C=O) groups excluding carboxylic acids is 13. The molecule has 0 unspecified atom stereocenters. The maximum Gasteiger partial charge on any atom is 0.326 e. The van der Waals surface area contributed by atoms with Crippen molar-refractivity contribution in [3.63, 3.8) is 0 Å². The van der Waals surface area contributed by atoms with Gasteiger partial charge in [-0.15, -0.1) is 0 Å². The van der Waals surface area contributed by atoms with Crippen molar-refractivity contribution in [2.45, 2.75) is 216 Å². The summed E-state index contributed by atoms with van der Waals surface area (Å²) in [4.78, 5) is 217. The average Bonchev–Trinajstić information content (AvgIpc) is 0.856. The number of carbonyl (C=O) groups is 16. The largest absolute Gasteiger partial charge is 0.508 e. The Morgan fingerprint density at radius 3 is 1.20 bits per heavy atom. The van der Waals surface area contributed by atoms with Gasteiger partial charge in [-0.1, -0.05) is 82.3 Å². The molecule has 3 aromatic rings. The number of aliphatic carboxylic acids is 3. The van der Waals surface area contributed by atoms with Gasteiger partial charge in [0.15, 0.2) is 0 Å². The summed E-state index contributed by atoms with van der Waals surface area (Å²) in [5.41, 5.74) is 24.6. The predicted molar refractivity (Wildman–Crippen MR) is 415 cm³/mol. The molecule has 0 saturated heterocycles. The van der Waals surface area contributed by atoms with Gasteiger partial charge in [-0.2, -0.15) is 11.8 Å². The number of amides is 13. The van der Waals surface area contributed by atoms with E-state index in [1.54, 1.807) is 64.3 Å². The van der Waals surface area contributed by atoms with E-state index in [1.165, 1.54) is 67.2 Å². The number of nitrogens with two attached hydrogens (primary N) is 4. The Hall–Kier alpha value is -11.0. The number of unbranched alkanes of at least 4 members (excludes halogenated alkanes) is 2. The van der Waals surface area contributed by atoms with Crippen LogP contribution in [0.5, 0.6) is 11.5 Å². The summed E-state index contributed by atoms with van der Waals surface area (Å²) in [5.74, 6) is -17.1. The number of thioether (sulfide) groups is 1. The normalized spacial score (nSPS) is 14.3. The molecular formula is C75H112N16O21S. The van der Waals surface area contributed by atoms with Crippen LogP contribution in [0.15, 0.2) is 78.9 Å². The number of primary amides is 1. The fourth-order valence-corrected chi connectivity index (χ4v) is 11.9. The van der Waals surface area contributed by atoms with Gasteiger partial charge in [-0.25, -0.2) is 4.79 Å². The van der Waals surface area contributed by atoms with Crippen LogP contribution < -0.4 is 86.7 Å². The maximum absolute atomic E-state index is 14.5. The molecule has 38 heteroatoms. The first-order chi connectivity index (χ1) is 53.4. The number of carboxylic acids is 3. The molecule has 0 spiro atoms. The first kappa shape index (κ1) is 96.2. The van der Waals surface area contributed by atoms with Crippen molar-refractivity contribution in [3.05, 3.63) is 95.6 Å². The van der Waals surface area contributed by atoms with Crippen LogP contribution in [0.1, 0.15) is 141 Å². The number of rotatable bonds is 54. The predicted octanol–water partition coefficient (Wildman–Crippen LogP) is -2.29. The SMILES string of the molecule is CSCC[C@H](NC(=O)[C@H](C)NC(=O)[C@H](CC(C)C)NC(=O)[C@H](Cc1ccc(O)cc1)NC(=O)[C@H](Cc1ccccc1)NC(=O)[C@@H](N)CCC(=O)O)C(=O)N[C@@H](CC(N)=O)C(=O)N[C@@H](CCCCN)C(=O)N[C@@H](CCC(=O)O)C(=O)NCC(=O)N[C@@H](CCCCN)C(=O)N[C@@H](CC(C)C)C(=O)N[C@@H](Cc1ccc(O)cc1)C(=O)O. The molecule has 37 nitrogen and oxygen atoms in total. The Labute approximate surface area is 659 Å². The van der Waals surface area contributed by atoms with Crippen molar-refractivity contribution < 1.29 is 102 Å². The molecule has 3 aromatic carbocycles. The standard InChI is InChI=1S/C75H112N16O21S/c1-41(2)34-54(88-73(109)57(37-45-18-22-47(92)23-19-45)89-72(108)56(36-44-14-8-7-9-15-44)86-65(101)49(78)26-28-62(96)97)70(106)81-43(5)64(100)83-53(30-33-113-6)69(105)90-58(39-60(79)94)74(110)84-51(17-11-13-32-77)68(104)85-52(27-29-63(98)99)66(102)80-40-61(95)82-50(16-10-12-31-76)67(103)87-55(35-42(3)4)71(107)91-59(75(111)112)38-46-20-24-48(93)25-21-46/h7-9,14-15,18-25,41-43,49-59,92-93H,10-13,16-17,26-40,76-78H2,1-6H3,(H2,79,94)(H,80,102)(H,81,106)(H,82,95)(H,83,100)(H,84,110)(H,85,104)(H,86,101)(H,87,103)(H,88,109)(H,89,108)(H,90,105)(H,91,107)(H,96,97)(H,98,99)(H,111,112)/t43-,49-,50-,51-,52-,53-,54-,55-,56-,57-,58-,59-/m0/s1. The highest BCUT2D eigenvalue weighted by Gasteiger charge is 2.37. The van der Waals surface area contributed by atoms with E-state index < -0.39 is 199 Å². The van der Waals surface area contributed by atoms with E-state index in [9.17, 15) is 102 Å². The fraction of sp³-hybridized carbons (Fsp3) is 0.547. The van der Waals surface area contributed by atoms with Gasteiger partial charge in [0.1, 0.15) is 78.0 Å². The number of phenols is 2. The molecule has 0 bridgehead atoms. The second-order valence-electron chi connectivity index (χ2n) is 28.1. The lowest BCUT2D eigenvalue weighted by Crippen LogP contribution is -2.60. The molecule has 13 amide bonds. The van der Waals surface area contributed by atoms with Crippen molar-refractivity contribution in [1.82, 2.24) is 63.8 Å². The van der Waals surface area contributed by atoms with Crippen molar-refractivity contribution in [2.24, 2.45) is 34.8 Å². The van der Waals surface area contributed by atoms with Gasteiger partial charge in [0, 0.05) is 32.1 Å². The number of nitrogens with one attached hydrogen (secondary N) is 12. The van der Waals surface area contributed by atoms with Gasteiger partial charge in [0.25, 0.3) is 0 Å². The van der Waals surface area contributed by atoms with Gasteiger partial charge < -0.3 is 112 Å². The average molecular weight is 1610 g/mol. The Bertz CT molecular complexity index is 3670. The second-order valence-corrected chi connectivity index (χ2v) is 29.1. The molecule has 0 fully saturated rings. The highest BCUT2D eigenvalue weighted by atomic mass is 32.2. The van der Waals surface area contributed by atoms with E-state index in [1.807, 2.05) is 0 Å². The van der Waals surface area contributed by atoms with Crippen LogP contribution >= 0.6 is 11.8 Å². The van der Waals surface area contributed by atoms with E-state index in [0.717, 1.165) is 0 Å². The number of hydrogen-bond donors (Lipinski definition) is 21. The lowest BCUT2D eigenvalue weighted by atomic mass is 9.99. The zero-order valence-corrected chi connectivity index (χ0v) is 65.2. The Morgan fingerprint density at radius 2 is 0.752 bits per heavy atom. The van der Waals surface area contributed by atoms with Gasteiger partial charge in [0.05, 0.1) is 19.0 Å². The molecule has 0 radical (unpaired) electrons. The van der Waals surface area contributed by atoms with E-state index >= 15 is 0 Å². The molecule has 0 aromatic heterocycles. The first-order valence-corrected chi connectivity index (χ1v) is 38.6. The molecule has 624 valence electrons. The molecule has 25 N–H and O–H groups in total. The minimum atomic E-state index is -1.85. The first-order valence-electron chi connectivity index (χ1n) is 37.2. The van der Waals surface area contributed by atoms with Crippen molar-refractivity contribution in [2.75, 3.05) is 31.6 Å². The van der Waals surface area contributed by atoms with Crippen LogP contribution in [-0.4, -0.2) is 224 Å². The molecule has 12 atom stereocenters. The number of benzene rings is 3. The van der Waals surface area contributed by atoms with Gasteiger partial charge in [0.2, 0.25) is 76.8 Å². The summed E-state index contributed by atoms with van der Waals surface area (Å²) >= 11 is 1.25. The molecule has 0 aliphatic heterocycles. The molecular weight excluding hydrogens is 1490 g/mol. The summed E-state index contributed by atoms with van der Waals surface area (Å²) in [5, 5.41) is 78.7. The molecule has 3 rings (SSSR count). The van der Waals surface area contributed by atoms with Crippen molar-refractivity contribution in [3.8, 4) is 11.5 Å². The zero-order valence-electron chi connectivity index (χ0n) is 64.4. The summed E-state index contributed by atoms with van der Waals surface area (Å²) in [6.45, 7) is 7.70. The highest BCUT2D eigenvalue weighted by Crippen LogP contribution is 2.18. The third-order valence-corrected chi connectivity index (χ3v) is 18.2. The van der Waals surface area contributed by atoms with E-state index in [2.05, 4.69) is 63.8 Å². The molecule has 0 saturated carbocycles. The minimum absolute atomic E-state index is 0.0259. The summed E-state index contributed by atoms with van der Waals surface area (Å²) in [7, 11) is 0.